The van der Waals surface area contributed by atoms with Crippen LogP contribution in [0.5, 0.6) is 5.75 Å². The monoisotopic (exact) mass is 261 g/mol. The molecule has 1 aromatic rings. The number of hydrogen-bond acceptors (Lipinski definition) is 2. The molecule has 2 rings (SSSR count). The summed E-state index contributed by atoms with van der Waals surface area (Å²) in [5, 5.41) is 3.56. The lowest BCUT2D eigenvalue weighted by Gasteiger charge is -2.17. The van der Waals surface area contributed by atoms with Crippen molar-refractivity contribution in [1.82, 2.24) is 5.32 Å². The zero-order valence-corrected chi connectivity index (χ0v) is 12.5. The molecule has 1 saturated carbocycles. The first-order valence-corrected chi connectivity index (χ1v) is 7.60. The van der Waals surface area contributed by atoms with Crippen LogP contribution in [-0.4, -0.2) is 19.7 Å². The Balaban J connectivity index is 1.90. The van der Waals surface area contributed by atoms with Crippen LogP contribution in [0.1, 0.15) is 45.6 Å². The average molecular weight is 261 g/mol. The first-order valence-electron chi connectivity index (χ1n) is 7.60. The summed E-state index contributed by atoms with van der Waals surface area (Å²) < 4.78 is 5.74. The summed E-state index contributed by atoms with van der Waals surface area (Å²) in [4.78, 5) is 0. The van der Waals surface area contributed by atoms with E-state index in [0.717, 1.165) is 25.4 Å². The Hall–Kier alpha value is -1.02. The number of rotatable bonds is 8. The van der Waals surface area contributed by atoms with Gasteiger partial charge in [-0.3, -0.25) is 0 Å². The van der Waals surface area contributed by atoms with Gasteiger partial charge in [-0.2, -0.15) is 0 Å². The molecule has 1 fully saturated rings. The second-order valence-electron chi connectivity index (χ2n) is 6.19. The maximum Gasteiger partial charge on any atom is 0.119 e. The van der Waals surface area contributed by atoms with Crippen molar-refractivity contribution >= 4 is 0 Å². The fourth-order valence-corrected chi connectivity index (χ4v) is 2.39. The van der Waals surface area contributed by atoms with Crippen LogP contribution in [-0.2, 0) is 5.41 Å². The minimum absolute atomic E-state index is 0.408. The summed E-state index contributed by atoms with van der Waals surface area (Å²) in [7, 11) is 0. The molecule has 0 spiro atoms. The standard InChI is InChI=1S/C17H27NO/c1-4-11-18-13-17(9-10-17)15-5-7-16(8-6-15)19-12-14(2)3/h5-8,14,18H,4,9-13H2,1-3H3. The summed E-state index contributed by atoms with van der Waals surface area (Å²) in [6, 6.07) is 8.74. The van der Waals surface area contributed by atoms with Gasteiger partial charge in [0.2, 0.25) is 0 Å². The maximum atomic E-state index is 5.74. The Morgan fingerprint density at radius 2 is 1.89 bits per heavy atom. The Bertz CT molecular complexity index is 379. The molecule has 1 N–H and O–H groups in total. The van der Waals surface area contributed by atoms with E-state index in [1.54, 1.807) is 0 Å². The quantitative estimate of drug-likeness (QED) is 0.720. The molecule has 2 nitrogen and oxygen atoms in total. The fraction of sp³-hybridized carbons (Fsp3) is 0.647. The van der Waals surface area contributed by atoms with Crippen molar-refractivity contribution < 1.29 is 4.74 Å². The van der Waals surface area contributed by atoms with E-state index in [1.807, 2.05) is 0 Å². The first-order chi connectivity index (χ1) is 9.16. The molecule has 1 aromatic carbocycles. The van der Waals surface area contributed by atoms with Gasteiger partial charge in [0.15, 0.2) is 0 Å². The van der Waals surface area contributed by atoms with E-state index in [2.05, 4.69) is 50.4 Å². The summed E-state index contributed by atoms with van der Waals surface area (Å²) in [5.74, 6) is 1.57. The predicted molar refractivity (Wildman–Crippen MR) is 80.8 cm³/mol. The maximum absolute atomic E-state index is 5.74. The highest BCUT2D eigenvalue weighted by Gasteiger charge is 2.43. The SMILES string of the molecule is CCCNCC1(c2ccc(OCC(C)C)cc2)CC1. The molecule has 2 heteroatoms. The molecule has 0 atom stereocenters. The van der Waals surface area contributed by atoms with Crippen LogP contribution in [0.2, 0.25) is 0 Å². The highest BCUT2D eigenvalue weighted by molar-refractivity contribution is 5.36. The smallest absolute Gasteiger partial charge is 0.119 e. The van der Waals surface area contributed by atoms with Gasteiger partial charge in [0.25, 0.3) is 0 Å². The molecule has 0 heterocycles. The topological polar surface area (TPSA) is 21.3 Å². The van der Waals surface area contributed by atoms with Gasteiger partial charge in [-0.1, -0.05) is 32.9 Å². The molecule has 0 saturated heterocycles. The van der Waals surface area contributed by atoms with Crippen LogP contribution in [0.4, 0.5) is 0 Å². The van der Waals surface area contributed by atoms with E-state index in [0.29, 0.717) is 11.3 Å². The summed E-state index contributed by atoms with van der Waals surface area (Å²) in [5.41, 5.74) is 1.87. The average Bonchev–Trinajstić information content (AvgIpc) is 3.18. The molecule has 0 radical (unpaired) electrons. The highest BCUT2D eigenvalue weighted by Crippen LogP contribution is 2.47. The van der Waals surface area contributed by atoms with E-state index in [1.165, 1.54) is 24.8 Å². The molecule has 106 valence electrons. The van der Waals surface area contributed by atoms with Gasteiger partial charge in [-0.25, -0.2) is 0 Å². The van der Waals surface area contributed by atoms with E-state index in [4.69, 9.17) is 4.74 Å². The second kappa shape index (κ2) is 6.42. The molecule has 0 aliphatic heterocycles. The van der Waals surface area contributed by atoms with Gasteiger partial charge < -0.3 is 10.1 Å². The van der Waals surface area contributed by atoms with Crippen LogP contribution < -0.4 is 10.1 Å². The molecular formula is C17H27NO. The second-order valence-corrected chi connectivity index (χ2v) is 6.19. The van der Waals surface area contributed by atoms with Gasteiger partial charge in [0.05, 0.1) is 6.61 Å². The van der Waals surface area contributed by atoms with Gasteiger partial charge in [-0.05, 0) is 49.4 Å². The Morgan fingerprint density at radius 3 is 2.42 bits per heavy atom. The number of hydrogen-bond donors (Lipinski definition) is 1. The molecule has 0 unspecified atom stereocenters. The van der Waals surface area contributed by atoms with Crippen molar-refractivity contribution in [2.24, 2.45) is 5.92 Å². The van der Waals surface area contributed by atoms with Crippen LogP contribution in [0.3, 0.4) is 0 Å². The molecule has 0 aromatic heterocycles. The van der Waals surface area contributed by atoms with E-state index in [9.17, 15) is 0 Å². The largest absolute Gasteiger partial charge is 0.493 e. The third kappa shape index (κ3) is 3.97. The molecule has 1 aliphatic rings. The van der Waals surface area contributed by atoms with Crippen molar-refractivity contribution in [2.75, 3.05) is 19.7 Å². The van der Waals surface area contributed by atoms with E-state index < -0.39 is 0 Å². The Kier molecular flexibility index (Phi) is 4.87. The van der Waals surface area contributed by atoms with Gasteiger partial charge >= 0.3 is 0 Å². The minimum atomic E-state index is 0.408. The van der Waals surface area contributed by atoms with Crippen LogP contribution in [0, 0.1) is 5.92 Å². The summed E-state index contributed by atoms with van der Waals surface area (Å²) in [6.45, 7) is 9.60. The van der Waals surface area contributed by atoms with Crippen LogP contribution in [0.15, 0.2) is 24.3 Å². The third-order valence-corrected chi connectivity index (χ3v) is 3.79. The molecule has 0 bridgehead atoms. The number of nitrogens with one attached hydrogen (secondary N) is 1. The Morgan fingerprint density at radius 1 is 1.21 bits per heavy atom. The van der Waals surface area contributed by atoms with Crippen molar-refractivity contribution in [3.05, 3.63) is 29.8 Å². The zero-order chi connectivity index (χ0) is 13.7. The predicted octanol–water partition coefficient (Wildman–Crippen LogP) is 3.75. The molecule has 1 aliphatic carbocycles. The summed E-state index contributed by atoms with van der Waals surface area (Å²) in [6.07, 6.45) is 3.84. The normalized spacial score (nSPS) is 16.6. The number of ether oxygens (including phenoxy) is 1. The van der Waals surface area contributed by atoms with Crippen molar-refractivity contribution in [2.45, 2.75) is 45.4 Å². The van der Waals surface area contributed by atoms with Gasteiger partial charge in [-0.15, -0.1) is 0 Å². The first kappa shape index (κ1) is 14.4. The zero-order valence-electron chi connectivity index (χ0n) is 12.5. The lowest BCUT2D eigenvalue weighted by molar-refractivity contribution is 0.271. The lowest BCUT2D eigenvalue weighted by atomic mass is 9.96. The van der Waals surface area contributed by atoms with Crippen molar-refractivity contribution in [3.63, 3.8) is 0 Å². The Labute approximate surface area is 117 Å². The molecular weight excluding hydrogens is 234 g/mol. The van der Waals surface area contributed by atoms with Gasteiger partial charge in [0, 0.05) is 12.0 Å². The molecule has 0 amide bonds. The third-order valence-electron chi connectivity index (χ3n) is 3.79. The highest BCUT2D eigenvalue weighted by atomic mass is 16.5. The molecule has 19 heavy (non-hydrogen) atoms. The van der Waals surface area contributed by atoms with Crippen LogP contribution >= 0.6 is 0 Å². The van der Waals surface area contributed by atoms with E-state index in [-0.39, 0.29) is 0 Å². The number of benzene rings is 1. The van der Waals surface area contributed by atoms with E-state index >= 15 is 0 Å². The minimum Gasteiger partial charge on any atom is -0.493 e. The van der Waals surface area contributed by atoms with Crippen molar-refractivity contribution in [1.29, 1.82) is 0 Å². The lowest BCUT2D eigenvalue weighted by Crippen LogP contribution is -2.27. The summed E-state index contributed by atoms with van der Waals surface area (Å²) >= 11 is 0. The van der Waals surface area contributed by atoms with Crippen molar-refractivity contribution in [3.8, 4) is 5.75 Å². The van der Waals surface area contributed by atoms with Crippen LogP contribution in [0.25, 0.3) is 0 Å². The van der Waals surface area contributed by atoms with Gasteiger partial charge in [0.1, 0.15) is 5.75 Å². The fourth-order valence-electron chi connectivity index (χ4n) is 2.39.